The molecular weight excluding hydrogens is 348 g/mol. The van der Waals surface area contributed by atoms with E-state index in [-0.39, 0.29) is 0 Å². The van der Waals surface area contributed by atoms with Crippen molar-refractivity contribution in [1.82, 2.24) is 14.9 Å². The number of methoxy groups -OCH3 is 1. The zero-order chi connectivity index (χ0) is 18.5. The molecular formula is C19H22N4O2S. The van der Waals surface area contributed by atoms with E-state index in [0.29, 0.717) is 29.4 Å². The Bertz CT molecular complexity index is 949. The van der Waals surface area contributed by atoms with Crippen LogP contribution in [0.2, 0.25) is 0 Å². The standard InChI is InChI=1S/C19H22N4O2S/c1-13-5-4-6-16(9-13)12-25-17-8-7-15(10-18(17)24-3)11-20-23-14(2)21-22-19(23)26/h4-10,20H,11-12H2,1-3H3,(H,22,26). The van der Waals surface area contributed by atoms with E-state index >= 15 is 0 Å². The Balaban J connectivity index is 1.68. The van der Waals surface area contributed by atoms with Crippen LogP contribution >= 0.6 is 12.2 Å². The number of H-pyrrole nitrogens is 1. The van der Waals surface area contributed by atoms with Gasteiger partial charge in [-0.05, 0) is 49.3 Å². The highest BCUT2D eigenvalue weighted by Crippen LogP contribution is 2.29. The van der Waals surface area contributed by atoms with Crippen LogP contribution in [0.4, 0.5) is 0 Å². The number of benzene rings is 2. The Hall–Kier alpha value is -2.80. The number of nitrogens with one attached hydrogen (secondary N) is 2. The summed E-state index contributed by atoms with van der Waals surface area (Å²) >= 11 is 5.19. The van der Waals surface area contributed by atoms with Crippen LogP contribution in [0.1, 0.15) is 22.5 Å². The van der Waals surface area contributed by atoms with Gasteiger partial charge >= 0.3 is 0 Å². The molecule has 3 rings (SSSR count). The third-order valence-electron chi connectivity index (χ3n) is 3.99. The molecule has 2 N–H and O–H groups in total. The number of aromatic nitrogens is 3. The summed E-state index contributed by atoms with van der Waals surface area (Å²) in [6.45, 7) is 5.03. The molecule has 0 fully saturated rings. The summed E-state index contributed by atoms with van der Waals surface area (Å²) in [5.41, 5.74) is 6.63. The number of hydrogen-bond donors (Lipinski definition) is 2. The van der Waals surface area contributed by atoms with Crippen LogP contribution in [0.25, 0.3) is 0 Å². The SMILES string of the molecule is COc1cc(CNn2c(C)n[nH]c2=S)ccc1OCc1cccc(C)c1. The molecule has 26 heavy (non-hydrogen) atoms. The molecule has 0 saturated heterocycles. The van der Waals surface area contributed by atoms with Gasteiger partial charge in [0.25, 0.3) is 0 Å². The highest BCUT2D eigenvalue weighted by Gasteiger charge is 2.07. The van der Waals surface area contributed by atoms with Crippen molar-refractivity contribution in [2.24, 2.45) is 0 Å². The monoisotopic (exact) mass is 370 g/mol. The Morgan fingerprint density at radius 3 is 2.65 bits per heavy atom. The van der Waals surface area contributed by atoms with Crippen LogP contribution in [0.15, 0.2) is 42.5 Å². The van der Waals surface area contributed by atoms with E-state index in [2.05, 4.69) is 40.7 Å². The van der Waals surface area contributed by atoms with Gasteiger partial charge in [0.2, 0.25) is 4.77 Å². The van der Waals surface area contributed by atoms with Crippen molar-refractivity contribution in [3.05, 3.63) is 69.8 Å². The van der Waals surface area contributed by atoms with E-state index < -0.39 is 0 Å². The quantitative estimate of drug-likeness (QED) is 0.618. The van der Waals surface area contributed by atoms with Crippen molar-refractivity contribution in [3.8, 4) is 11.5 Å². The first-order chi connectivity index (χ1) is 12.6. The molecule has 1 heterocycles. The summed E-state index contributed by atoms with van der Waals surface area (Å²) in [4.78, 5) is 0. The third kappa shape index (κ3) is 4.23. The minimum atomic E-state index is 0.499. The molecule has 0 radical (unpaired) electrons. The van der Waals surface area contributed by atoms with E-state index in [1.54, 1.807) is 11.8 Å². The van der Waals surface area contributed by atoms with Gasteiger partial charge in [-0.3, -0.25) is 5.10 Å². The fourth-order valence-corrected chi connectivity index (χ4v) is 2.88. The maximum atomic E-state index is 5.93. The van der Waals surface area contributed by atoms with E-state index in [9.17, 15) is 0 Å². The predicted molar refractivity (Wildman–Crippen MR) is 104 cm³/mol. The van der Waals surface area contributed by atoms with E-state index in [1.165, 1.54) is 5.56 Å². The van der Waals surface area contributed by atoms with Gasteiger partial charge in [0.1, 0.15) is 12.4 Å². The van der Waals surface area contributed by atoms with E-state index in [0.717, 1.165) is 17.0 Å². The first kappa shape index (κ1) is 18.0. The Morgan fingerprint density at radius 2 is 1.96 bits per heavy atom. The molecule has 2 aromatic carbocycles. The maximum absolute atomic E-state index is 5.93. The summed E-state index contributed by atoms with van der Waals surface area (Å²) in [7, 11) is 1.64. The first-order valence-electron chi connectivity index (χ1n) is 8.30. The van der Waals surface area contributed by atoms with Crippen molar-refractivity contribution in [1.29, 1.82) is 0 Å². The molecule has 0 unspecified atom stereocenters. The molecule has 0 amide bonds. The molecule has 136 valence electrons. The average molecular weight is 370 g/mol. The lowest BCUT2D eigenvalue weighted by atomic mass is 10.1. The van der Waals surface area contributed by atoms with Gasteiger partial charge in [0.05, 0.1) is 13.7 Å². The Labute approximate surface area is 157 Å². The van der Waals surface area contributed by atoms with Crippen molar-refractivity contribution in [3.63, 3.8) is 0 Å². The largest absolute Gasteiger partial charge is 0.493 e. The lowest BCUT2D eigenvalue weighted by Gasteiger charge is -2.14. The van der Waals surface area contributed by atoms with E-state index in [4.69, 9.17) is 21.7 Å². The van der Waals surface area contributed by atoms with Crippen molar-refractivity contribution >= 4 is 12.2 Å². The summed E-state index contributed by atoms with van der Waals surface area (Å²) in [5.74, 6) is 2.19. The predicted octanol–water partition coefficient (Wildman–Crippen LogP) is 3.89. The summed E-state index contributed by atoms with van der Waals surface area (Å²) < 4.78 is 13.7. The van der Waals surface area contributed by atoms with Gasteiger partial charge in [-0.15, -0.1) is 0 Å². The van der Waals surface area contributed by atoms with Crippen LogP contribution in [-0.2, 0) is 13.2 Å². The second-order valence-electron chi connectivity index (χ2n) is 6.01. The van der Waals surface area contributed by atoms with Gasteiger partial charge in [-0.1, -0.05) is 35.9 Å². The highest BCUT2D eigenvalue weighted by molar-refractivity contribution is 7.71. The fraction of sp³-hybridized carbons (Fsp3) is 0.263. The molecule has 1 aromatic heterocycles. The average Bonchev–Trinajstić information content (AvgIpc) is 2.96. The van der Waals surface area contributed by atoms with Crippen LogP contribution in [-0.4, -0.2) is 22.0 Å². The fourth-order valence-electron chi connectivity index (χ4n) is 2.64. The molecule has 0 saturated carbocycles. The molecule has 0 aliphatic rings. The normalized spacial score (nSPS) is 10.6. The van der Waals surface area contributed by atoms with Gasteiger partial charge in [-0.2, -0.15) is 5.10 Å². The molecule has 0 bridgehead atoms. The highest BCUT2D eigenvalue weighted by atomic mass is 32.1. The second-order valence-corrected chi connectivity index (χ2v) is 6.40. The van der Waals surface area contributed by atoms with Crippen LogP contribution in [0.3, 0.4) is 0 Å². The minimum absolute atomic E-state index is 0.499. The number of aromatic amines is 1. The van der Waals surface area contributed by atoms with Gasteiger partial charge in [0, 0.05) is 0 Å². The maximum Gasteiger partial charge on any atom is 0.214 e. The van der Waals surface area contributed by atoms with Crippen molar-refractivity contribution in [2.45, 2.75) is 27.0 Å². The molecule has 0 spiro atoms. The smallest absolute Gasteiger partial charge is 0.214 e. The minimum Gasteiger partial charge on any atom is -0.493 e. The number of rotatable bonds is 7. The summed E-state index contributed by atoms with van der Waals surface area (Å²) in [5, 5.41) is 6.82. The molecule has 6 nitrogen and oxygen atoms in total. The van der Waals surface area contributed by atoms with Crippen molar-refractivity contribution < 1.29 is 9.47 Å². The van der Waals surface area contributed by atoms with Crippen LogP contribution in [0, 0.1) is 18.6 Å². The lowest BCUT2D eigenvalue weighted by Crippen LogP contribution is -2.16. The van der Waals surface area contributed by atoms with E-state index in [1.807, 2.05) is 31.2 Å². The zero-order valence-corrected chi connectivity index (χ0v) is 15.9. The van der Waals surface area contributed by atoms with Gasteiger partial charge in [0.15, 0.2) is 11.5 Å². The number of nitrogens with zero attached hydrogens (tertiary/aromatic N) is 2. The summed E-state index contributed by atoms with van der Waals surface area (Å²) in [6.07, 6.45) is 0. The topological polar surface area (TPSA) is 64.1 Å². The number of ether oxygens (including phenoxy) is 2. The lowest BCUT2D eigenvalue weighted by molar-refractivity contribution is 0.284. The summed E-state index contributed by atoms with van der Waals surface area (Å²) in [6, 6.07) is 14.1. The first-order valence-corrected chi connectivity index (χ1v) is 8.71. The third-order valence-corrected chi connectivity index (χ3v) is 4.26. The van der Waals surface area contributed by atoms with Gasteiger partial charge in [-0.25, -0.2) is 4.68 Å². The molecule has 7 heteroatoms. The van der Waals surface area contributed by atoms with Crippen molar-refractivity contribution in [2.75, 3.05) is 12.5 Å². The zero-order valence-electron chi connectivity index (χ0n) is 15.1. The molecule has 3 aromatic rings. The number of hydrogen-bond acceptors (Lipinski definition) is 5. The Kier molecular flexibility index (Phi) is 5.58. The molecule has 0 atom stereocenters. The Morgan fingerprint density at radius 1 is 1.12 bits per heavy atom. The van der Waals surface area contributed by atoms with Crippen LogP contribution < -0.4 is 14.9 Å². The molecule has 0 aliphatic carbocycles. The number of aryl methyl sites for hydroxylation is 2. The van der Waals surface area contributed by atoms with Crippen LogP contribution in [0.5, 0.6) is 11.5 Å². The molecule has 0 aliphatic heterocycles. The van der Waals surface area contributed by atoms with Gasteiger partial charge < -0.3 is 14.9 Å². The second kappa shape index (κ2) is 8.05.